The molecule has 0 saturated heterocycles. The Morgan fingerprint density at radius 2 is 1.91 bits per heavy atom. The molecule has 0 amide bonds. The minimum atomic E-state index is 0.708. The highest BCUT2D eigenvalue weighted by atomic mass is 16.1. The monoisotopic (exact) mass is 146 g/mol. The van der Waals surface area contributed by atoms with Crippen molar-refractivity contribution in [1.29, 1.82) is 0 Å². The van der Waals surface area contributed by atoms with Gasteiger partial charge in [0.15, 0.2) is 0 Å². The minimum Gasteiger partial charge on any atom is -0.298 e. The quantitative estimate of drug-likeness (QED) is 0.586. The van der Waals surface area contributed by atoms with Gasteiger partial charge in [-0.1, -0.05) is 18.7 Å². The van der Waals surface area contributed by atoms with E-state index in [0.717, 1.165) is 17.4 Å². The molecule has 1 heteroatoms. The van der Waals surface area contributed by atoms with Gasteiger partial charge in [-0.2, -0.15) is 0 Å². The molecule has 1 aromatic rings. The average molecular weight is 146 g/mol. The van der Waals surface area contributed by atoms with Gasteiger partial charge >= 0.3 is 0 Å². The lowest BCUT2D eigenvalue weighted by Crippen LogP contribution is -1.83. The summed E-state index contributed by atoms with van der Waals surface area (Å²) >= 11 is 0. The third-order valence-electron chi connectivity index (χ3n) is 1.49. The number of aryl methyl sites for hydroxylation is 1. The second-order valence-corrected chi connectivity index (χ2v) is 2.50. The summed E-state index contributed by atoms with van der Waals surface area (Å²) in [5.41, 5.74) is 2.79. The number of carbonyl (C=O) groups is 1. The van der Waals surface area contributed by atoms with Gasteiger partial charge in [0, 0.05) is 5.56 Å². The topological polar surface area (TPSA) is 17.1 Å². The highest BCUT2D eigenvalue weighted by Crippen LogP contribution is 2.08. The van der Waals surface area contributed by atoms with Crippen LogP contribution in [0.1, 0.15) is 21.5 Å². The van der Waals surface area contributed by atoms with E-state index in [0.29, 0.717) is 5.56 Å². The van der Waals surface area contributed by atoms with Crippen LogP contribution in [0.15, 0.2) is 24.8 Å². The van der Waals surface area contributed by atoms with E-state index in [1.165, 1.54) is 0 Å². The second-order valence-electron chi connectivity index (χ2n) is 2.50. The van der Waals surface area contributed by atoms with Crippen molar-refractivity contribution in [2.24, 2.45) is 0 Å². The molecule has 1 rings (SSSR count). The molecule has 1 aromatic carbocycles. The molecule has 0 saturated carbocycles. The third kappa shape index (κ3) is 1.77. The zero-order valence-corrected chi connectivity index (χ0v) is 6.50. The van der Waals surface area contributed by atoms with Crippen molar-refractivity contribution >= 4 is 12.4 Å². The molecule has 56 valence electrons. The molecule has 0 heterocycles. The zero-order valence-electron chi connectivity index (χ0n) is 6.50. The molecule has 0 fully saturated rings. The molecule has 0 aliphatic rings. The summed E-state index contributed by atoms with van der Waals surface area (Å²) in [7, 11) is 0. The maximum Gasteiger partial charge on any atom is 0.150 e. The Hall–Kier alpha value is -1.37. The predicted octanol–water partition coefficient (Wildman–Crippen LogP) is 2.45. The van der Waals surface area contributed by atoms with E-state index in [2.05, 4.69) is 6.58 Å². The van der Waals surface area contributed by atoms with Crippen LogP contribution < -0.4 is 0 Å². The summed E-state index contributed by atoms with van der Waals surface area (Å²) in [5.74, 6) is 0. The highest BCUT2D eigenvalue weighted by molar-refractivity contribution is 5.76. The number of carbonyl (C=O) groups excluding carboxylic acids is 1. The second kappa shape index (κ2) is 3.15. The molecule has 0 unspecified atom stereocenters. The lowest BCUT2D eigenvalue weighted by molar-refractivity contribution is 0.112. The van der Waals surface area contributed by atoms with Crippen LogP contribution in [-0.4, -0.2) is 6.29 Å². The van der Waals surface area contributed by atoms with Gasteiger partial charge in [0.25, 0.3) is 0 Å². The molecule has 11 heavy (non-hydrogen) atoms. The smallest absolute Gasteiger partial charge is 0.150 e. The van der Waals surface area contributed by atoms with Crippen molar-refractivity contribution in [1.82, 2.24) is 0 Å². The van der Waals surface area contributed by atoms with Crippen molar-refractivity contribution < 1.29 is 4.79 Å². The van der Waals surface area contributed by atoms with Crippen molar-refractivity contribution in [3.8, 4) is 0 Å². The van der Waals surface area contributed by atoms with E-state index in [4.69, 9.17) is 0 Å². The van der Waals surface area contributed by atoms with E-state index < -0.39 is 0 Å². The first-order valence-corrected chi connectivity index (χ1v) is 3.45. The molecule has 0 aliphatic heterocycles. The first-order valence-electron chi connectivity index (χ1n) is 3.45. The molecule has 0 radical (unpaired) electrons. The number of hydrogen-bond acceptors (Lipinski definition) is 1. The van der Waals surface area contributed by atoms with Gasteiger partial charge < -0.3 is 0 Å². The minimum absolute atomic E-state index is 0.708. The van der Waals surface area contributed by atoms with Crippen molar-refractivity contribution in [2.75, 3.05) is 0 Å². The van der Waals surface area contributed by atoms with Gasteiger partial charge in [-0.15, -0.1) is 0 Å². The molecule has 1 nitrogen and oxygen atoms in total. The van der Waals surface area contributed by atoms with Crippen molar-refractivity contribution in [3.63, 3.8) is 0 Å². The maximum atomic E-state index is 10.4. The fourth-order valence-corrected chi connectivity index (χ4v) is 1.03. The van der Waals surface area contributed by atoms with Gasteiger partial charge in [0.1, 0.15) is 6.29 Å². The summed E-state index contributed by atoms with van der Waals surface area (Å²) in [5, 5.41) is 0. The van der Waals surface area contributed by atoms with E-state index >= 15 is 0 Å². The predicted molar refractivity (Wildman–Crippen MR) is 46.7 cm³/mol. The molecule has 0 spiro atoms. The van der Waals surface area contributed by atoms with Crippen LogP contribution in [0.2, 0.25) is 0 Å². The summed E-state index contributed by atoms with van der Waals surface area (Å²) in [6, 6.07) is 5.65. The van der Waals surface area contributed by atoms with Gasteiger partial charge in [-0.25, -0.2) is 0 Å². The molecule has 0 N–H and O–H groups in total. The SMILES string of the molecule is C=Cc1cc(C)cc(C=O)c1. The first kappa shape index (κ1) is 7.73. The van der Waals surface area contributed by atoms with Crippen LogP contribution in [-0.2, 0) is 0 Å². The Kier molecular flexibility index (Phi) is 2.21. The van der Waals surface area contributed by atoms with Crippen molar-refractivity contribution in [2.45, 2.75) is 6.92 Å². The lowest BCUT2D eigenvalue weighted by Gasteiger charge is -1.97. The van der Waals surface area contributed by atoms with Gasteiger partial charge in [0.05, 0.1) is 0 Å². The molecular formula is C10H10O. The summed E-state index contributed by atoms with van der Waals surface area (Å²) in [4.78, 5) is 10.4. The highest BCUT2D eigenvalue weighted by Gasteiger charge is 1.93. The fraction of sp³-hybridized carbons (Fsp3) is 0.100. The lowest BCUT2D eigenvalue weighted by atomic mass is 10.1. The van der Waals surface area contributed by atoms with Crippen LogP contribution >= 0.6 is 0 Å². The molecule has 0 bridgehead atoms. The Balaban J connectivity index is 3.21. The zero-order chi connectivity index (χ0) is 8.27. The van der Waals surface area contributed by atoms with E-state index in [9.17, 15) is 4.79 Å². The Morgan fingerprint density at radius 1 is 1.27 bits per heavy atom. The standard InChI is InChI=1S/C10H10O/c1-3-9-4-8(2)5-10(6-9)7-11/h3-7H,1H2,2H3. The van der Waals surface area contributed by atoms with Crippen LogP contribution in [0.3, 0.4) is 0 Å². The normalized spacial score (nSPS) is 9.18. The molecule has 0 aromatic heterocycles. The number of aldehydes is 1. The molecule has 0 atom stereocenters. The third-order valence-corrected chi connectivity index (χ3v) is 1.49. The van der Waals surface area contributed by atoms with Gasteiger partial charge in [0.2, 0.25) is 0 Å². The molecular weight excluding hydrogens is 136 g/mol. The maximum absolute atomic E-state index is 10.4. The van der Waals surface area contributed by atoms with E-state index in [1.807, 2.05) is 25.1 Å². The Bertz CT molecular complexity index is 261. The average Bonchev–Trinajstić information content (AvgIpc) is 2.03. The summed E-state index contributed by atoms with van der Waals surface area (Å²) in [6.07, 6.45) is 2.58. The van der Waals surface area contributed by atoms with Gasteiger partial charge in [-0.05, 0) is 30.2 Å². The summed E-state index contributed by atoms with van der Waals surface area (Å²) in [6.45, 7) is 5.59. The number of rotatable bonds is 2. The van der Waals surface area contributed by atoms with E-state index in [1.54, 1.807) is 6.08 Å². The fourth-order valence-electron chi connectivity index (χ4n) is 1.03. The van der Waals surface area contributed by atoms with Crippen LogP contribution in [0.4, 0.5) is 0 Å². The van der Waals surface area contributed by atoms with E-state index in [-0.39, 0.29) is 0 Å². The Labute approximate surface area is 66.4 Å². The number of benzene rings is 1. The number of hydrogen-bond donors (Lipinski definition) is 0. The van der Waals surface area contributed by atoms with Crippen LogP contribution in [0, 0.1) is 6.92 Å². The van der Waals surface area contributed by atoms with Crippen LogP contribution in [0.25, 0.3) is 6.08 Å². The largest absolute Gasteiger partial charge is 0.298 e. The molecule has 0 aliphatic carbocycles. The Morgan fingerprint density at radius 3 is 2.45 bits per heavy atom. The van der Waals surface area contributed by atoms with Crippen LogP contribution in [0.5, 0.6) is 0 Å². The summed E-state index contributed by atoms with van der Waals surface area (Å²) < 4.78 is 0. The first-order chi connectivity index (χ1) is 5.26. The van der Waals surface area contributed by atoms with Crippen molar-refractivity contribution in [3.05, 3.63) is 41.5 Å². The van der Waals surface area contributed by atoms with Gasteiger partial charge in [-0.3, -0.25) is 4.79 Å².